The van der Waals surface area contributed by atoms with Gasteiger partial charge in [0.05, 0.1) is 0 Å². The minimum absolute atomic E-state index is 0.0556. The molecule has 2 amide bonds. The molecule has 0 unspecified atom stereocenters. The number of cyclic esters (lactones) is 1. The fraction of sp³-hybridized carbons (Fsp3) is 0.571. The number of hydrogen-bond donors (Lipinski definition) is 2. The first kappa shape index (κ1) is 9.50. The van der Waals surface area contributed by atoms with Crippen molar-refractivity contribution in [2.45, 2.75) is 18.9 Å². The Balaban J connectivity index is 2.42. The molecule has 6 nitrogen and oxygen atoms in total. The quantitative estimate of drug-likeness (QED) is 0.513. The number of carbonyl (C=O) groups is 3. The summed E-state index contributed by atoms with van der Waals surface area (Å²) < 4.78 is 4.53. The average molecular weight is 186 g/mol. The molecule has 0 bridgehead atoms. The van der Waals surface area contributed by atoms with E-state index in [0.29, 0.717) is 0 Å². The van der Waals surface area contributed by atoms with Gasteiger partial charge in [-0.05, 0) is 6.42 Å². The van der Waals surface area contributed by atoms with Crippen molar-refractivity contribution in [2.75, 3.05) is 6.61 Å². The van der Waals surface area contributed by atoms with Crippen LogP contribution in [0, 0.1) is 0 Å². The van der Waals surface area contributed by atoms with Crippen LogP contribution in [0.15, 0.2) is 0 Å². The van der Waals surface area contributed by atoms with Gasteiger partial charge in [-0.3, -0.25) is 9.59 Å². The Kier molecular flexibility index (Phi) is 2.84. The van der Waals surface area contributed by atoms with E-state index in [1.807, 2.05) is 0 Å². The van der Waals surface area contributed by atoms with Crippen LogP contribution in [-0.4, -0.2) is 30.4 Å². The Bertz CT molecular complexity index is 251. The van der Waals surface area contributed by atoms with Gasteiger partial charge in [-0.15, -0.1) is 0 Å². The first-order chi connectivity index (χ1) is 6.09. The molecule has 1 heterocycles. The van der Waals surface area contributed by atoms with E-state index in [1.165, 1.54) is 0 Å². The van der Waals surface area contributed by atoms with Gasteiger partial charge in [0.2, 0.25) is 5.91 Å². The molecule has 0 saturated carbocycles. The van der Waals surface area contributed by atoms with Crippen LogP contribution in [0.1, 0.15) is 12.8 Å². The molecule has 13 heavy (non-hydrogen) atoms. The number of morpholine rings is 1. The van der Waals surface area contributed by atoms with Gasteiger partial charge in [-0.2, -0.15) is 0 Å². The van der Waals surface area contributed by atoms with Crippen LogP contribution in [0.5, 0.6) is 0 Å². The predicted molar refractivity (Wildman–Crippen MR) is 41.3 cm³/mol. The number of carbonyl (C=O) groups excluding carboxylic acids is 3. The van der Waals surface area contributed by atoms with E-state index in [0.717, 1.165) is 0 Å². The van der Waals surface area contributed by atoms with Crippen molar-refractivity contribution >= 4 is 17.8 Å². The SMILES string of the molecule is NC(=O)CC[C@@H]1NC(=O)COC1=O. The molecule has 1 atom stereocenters. The molecule has 0 aliphatic carbocycles. The van der Waals surface area contributed by atoms with Crippen molar-refractivity contribution in [3.05, 3.63) is 0 Å². The minimum Gasteiger partial charge on any atom is -0.454 e. The van der Waals surface area contributed by atoms with Crippen LogP contribution in [0.3, 0.4) is 0 Å². The lowest BCUT2D eigenvalue weighted by atomic mass is 10.1. The molecular weight excluding hydrogens is 176 g/mol. The maximum atomic E-state index is 11.0. The summed E-state index contributed by atoms with van der Waals surface area (Å²) in [5, 5.41) is 2.40. The number of primary amides is 1. The lowest BCUT2D eigenvalue weighted by Gasteiger charge is -2.21. The number of rotatable bonds is 3. The maximum absolute atomic E-state index is 11.0. The smallest absolute Gasteiger partial charge is 0.329 e. The molecule has 3 N–H and O–H groups in total. The molecule has 0 radical (unpaired) electrons. The second kappa shape index (κ2) is 3.88. The fourth-order valence-electron chi connectivity index (χ4n) is 1.01. The Morgan fingerprint density at radius 3 is 2.92 bits per heavy atom. The summed E-state index contributed by atoms with van der Waals surface area (Å²) >= 11 is 0. The zero-order chi connectivity index (χ0) is 9.84. The molecule has 0 aromatic rings. The molecule has 1 rings (SSSR count). The minimum atomic E-state index is -0.728. The van der Waals surface area contributed by atoms with Crippen molar-refractivity contribution < 1.29 is 19.1 Å². The lowest BCUT2D eigenvalue weighted by Crippen LogP contribution is -2.49. The Labute approximate surface area is 74.4 Å². The Morgan fingerprint density at radius 2 is 2.31 bits per heavy atom. The van der Waals surface area contributed by atoms with Crippen molar-refractivity contribution in [1.29, 1.82) is 0 Å². The van der Waals surface area contributed by atoms with Gasteiger partial charge >= 0.3 is 5.97 Å². The number of ether oxygens (including phenoxy) is 1. The molecule has 6 heteroatoms. The van der Waals surface area contributed by atoms with Crippen LogP contribution in [0.4, 0.5) is 0 Å². The van der Waals surface area contributed by atoms with Gasteiger partial charge in [0.25, 0.3) is 5.91 Å². The molecule has 1 saturated heterocycles. The second-order valence-electron chi connectivity index (χ2n) is 2.73. The van der Waals surface area contributed by atoms with E-state index in [1.54, 1.807) is 0 Å². The summed E-state index contributed by atoms with van der Waals surface area (Å²) in [6, 6.07) is -0.728. The first-order valence-corrected chi connectivity index (χ1v) is 3.84. The van der Waals surface area contributed by atoms with E-state index in [4.69, 9.17) is 5.73 Å². The topological polar surface area (TPSA) is 98.5 Å². The first-order valence-electron chi connectivity index (χ1n) is 3.84. The molecule has 0 aromatic heterocycles. The van der Waals surface area contributed by atoms with E-state index in [-0.39, 0.29) is 25.4 Å². The van der Waals surface area contributed by atoms with Crippen molar-refractivity contribution in [2.24, 2.45) is 5.73 Å². The summed E-state index contributed by atoms with van der Waals surface area (Å²) in [7, 11) is 0. The standard InChI is InChI=1S/C7H10N2O4/c8-5(10)2-1-4-7(12)13-3-6(11)9-4/h4H,1-3H2,(H2,8,10)(H,9,11)/t4-/m0/s1. The van der Waals surface area contributed by atoms with Crippen molar-refractivity contribution in [3.8, 4) is 0 Å². The highest BCUT2D eigenvalue weighted by molar-refractivity contribution is 5.90. The number of esters is 1. The molecule has 1 fully saturated rings. The third-order valence-electron chi connectivity index (χ3n) is 1.64. The van der Waals surface area contributed by atoms with Gasteiger partial charge in [-0.1, -0.05) is 0 Å². The zero-order valence-corrected chi connectivity index (χ0v) is 6.91. The van der Waals surface area contributed by atoms with Crippen LogP contribution in [0.2, 0.25) is 0 Å². The largest absolute Gasteiger partial charge is 0.454 e. The fourth-order valence-corrected chi connectivity index (χ4v) is 1.01. The summed E-state index contributed by atoms with van der Waals surface area (Å²) in [5.74, 6) is -1.37. The summed E-state index contributed by atoms with van der Waals surface area (Å²) in [6.45, 7) is -0.244. The van der Waals surface area contributed by atoms with E-state index in [2.05, 4.69) is 10.1 Å². The molecule has 0 aromatic carbocycles. The molecule has 0 spiro atoms. The van der Waals surface area contributed by atoms with E-state index in [9.17, 15) is 14.4 Å². The second-order valence-corrected chi connectivity index (χ2v) is 2.73. The van der Waals surface area contributed by atoms with Crippen molar-refractivity contribution in [1.82, 2.24) is 5.32 Å². The van der Waals surface area contributed by atoms with Gasteiger partial charge in [0.1, 0.15) is 6.04 Å². The van der Waals surface area contributed by atoms with E-state index >= 15 is 0 Å². The van der Waals surface area contributed by atoms with Gasteiger partial charge in [0, 0.05) is 6.42 Å². The molecule has 72 valence electrons. The summed E-state index contributed by atoms with van der Waals surface area (Å²) in [4.78, 5) is 32.1. The highest BCUT2D eigenvalue weighted by Gasteiger charge is 2.27. The number of nitrogens with one attached hydrogen (secondary N) is 1. The van der Waals surface area contributed by atoms with Crippen LogP contribution in [0.25, 0.3) is 0 Å². The Hall–Kier alpha value is -1.59. The molecule has 1 aliphatic rings. The predicted octanol–water partition coefficient (Wildman–Crippen LogP) is -1.71. The maximum Gasteiger partial charge on any atom is 0.329 e. The third kappa shape index (κ3) is 2.73. The number of nitrogens with two attached hydrogens (primary N) is 1. The van der Waals surface area contributed by atoms with Gasteiger partial charge < -0.3 is 15.8 Å². The lowest BCUT2D eigenvalue weighted by molar-refractivity contribution is -0.157. The van der Waals surface area contributed by atoms with Gasteiger partial charge in [-0.25, -0.2) is 4.79 Å². The number of hydrogen-bond acceptors (Lipinski definition) is 4. The third-order valence-corrected chi connectivity index (χ3v) is 1.64. The highest BCUT2D eigenvalue weighted by atomic mass is 16.5. The normalized spacial score (nSPS) is 22.0. The van der Waals surface area contributed by atoms with Crippen LogP contribution in [-0.2, 0) is 19.1 Å². The highest BCUT2D eigenvalue weighted by Crippen LogP contribution is 2.03. The molecular formula is C7H10N2O4. The van der Waals surface area contributed by atoms with Crippen LogP contribution >= 0.6 is 0 Å². The summed E-state index contributed by atoms with van der Waals surface area (Å²) in [5.41, 5.74) is 4.89. The average Bonchev–Trinajstić information content (AvgIpc) is 2.06. The number of amides is 2. The van der Waals surface area contributed by atoms with E-state index < -0.39 is 17.9 Å². The van der Waals surface area contributed by atoms with Crippen LogP contribution < -0.4 is 11.1 Å². The molecule has 1 aliphatic heterocycles. The zero-order valence-electron chi connectivity index (χ0n) is 6.91. The van der Waals surface area contributed by atoms with Crippen molar-refractivity contribution in [3.63, 3.8) is 0 Å². The van der Waals surface area contributed by atoms with Gasteiger partial charge in [0.15, 0.2) is 6.61 Å². The monoisotopic (exact) mass is 186 g/mol. The Morgan fingerprint density at radius 1 is 1.62 bits per heavy atom. The summed E-state index contributed by atoms with van der Waals surface area (Å²) in [6.07, 6.45) is 0.250.